The van der Waals surface area contributed by atoms with Crippen LogP contribution in [0.4, 0.5) is 5.69 Å². The number of hydrogen-bond donors (Lipinski definition) is 1. The lowest BCUT2D eigenvalue weighted by Crippen LogP contribution is -2.17. The van der Waals surface area contributed by atoms with Crippen LogP contribution in [-0.4, -0.2) is 32.1 Å². The highest BCUT2D eigenvalue weighted by molar-refractivity contribution is 9.10. The Kier molecular flexibility index (Phi) is 8.59. The van der Waals surface area contributed by atoms with Gasteiger partial charge in [-0.1, -0.05) is 28.1 Å². The summed E-state index contributed by atoms with van der Waals surface area (Å²) in [7, 11) is -4.42. The maximum Gasteiger partial charge on any atom is 0.339 e. The summed E-state index contributed by atoms with van der Waals surface area (Å²) in [5.74, 6) is -0.487. The fourth-order valence-electron chi connectivity index (χ4n) is 2.78. The van der Waals surface area contributed by atoms with Crippen LogP contribution in [0.2, 0.25) is 0 Å². The molecule has 10 nitrogen and oxygen atoms in total. The predicted molar refractivity (Wildman–Crippen MR) is 135 cm³/mol. The number of halogens is 2. The maximum atomic E-state index is 12.8. The molecule has 0 saturated carbocycles. The molecule has 1 N–H and O–H groups in total. The molecule has 182 valence electrons. The van der Waals surface area contributed by atoms with Crippen molar-refractivity contribution in [1.29, 1.82) is 0 Å². The highest BCUT2D eigenvalue weighted by Gasteiger charge is 2.24. The van der Waals surface area contributed by atoms with Gasteiger partial charge in [0.05, 0.1) is 22.2 Å². The second-order valence-electron chi connectivity index (χ2n) is 6.76. The number of carbonyl (C=O) groups is 1. The molecule has 0 saturated heterocycles. The molecule has 3 aromatic carbocycles. The molecule has 0 aromatic heterocycles. The first-order chi connectivity index (χ1) is 16.6. The van der Waals surface area contributed by atoms with Crippen LogP contribution in [0.1, 0.15) is 22.8 Å². The molecular weight excluding hydrogens is 610 g/mol. The summed E-state index contributed by atoms with van der Waals surface area (Å²) in [6.07, 6.45) is 1.35. The average Bonchev–Trinajstić information content (AvgIpc) is 2.81. The van der Waals surface area contributed by atoms with Crippen molar-refractivity contribution in [2.75, 3.05) is 6.61 Å². The van der Waals surface area contributed by atoms with Gasteiger partial charge in [0.25, 0.3) is 11.6 Å². The number of nitrogens with zero attached hydrogens (tertiary/aromatic N) is 2. The van der Waals surface area contributed by atoms with Gasteiger partial charge < -0.3 is 8.92 Å². The Morgan fingerprint density at radius 3 is 2.57 bits per heavy atom. The second kappa shape index (κ2) is 11.4. The van der Waals surface area contributed by atoms with Crippen LogP contribution in [0.5, 0.6) is 11.5 Å². The van der Waals surface area contributed by atoms with Crippen LogP contribution in [0.15, 0.2) is 79.6 Å². The van der Waals surface area contributed by atoms with Crippen LogP contribution >= 0.6 is 31.9 Å². The van der Waals surface area contributed by atoms with E-state index in [2.05, 4.69) is 42.4 Å². The SMILES string of the molecule is CCOc1cc(/C=N\NC(=O)c2cccc(Br)c2)cc(Br)c1OS(=O)(=O)c1cccc([N+](=O)[O-])c1. The average molecular weight is 627 g/mol. The molecule has 0 aliphatic carbocycles. The molecule has 13 heteroatoms. The van der Waals surface area contributed by atoms with Gasteiger partial charge in [-0.3, -0.25) is 14.9 Å². The molecule has 0 aliphatic heterocycles. The number of benzene rings is 3. The van der Waals surface area contributed by atoms with Gasteiger partial charge in [-0.2, -0.15) is 13.5 Å². The molecule has 0 spiro atoms. The van der Waals surface area contributed by atoms with Crippen LogP contribution in [0, 0.1) is 10.1 Å². The molecule has 3 rings (SSSR count). The summed E-state index contributed by atoms with van der Waals surface area (Å²) in [6.45, 7) is 1.89. The first-order valence-corrected chi connectivity index (χ1v) is 12.8. The van der Waals surface area contributed by atoms with E-state index in [1.54, 1.807) is 31.2 Å². The van der Waals surface area contributed by atoms with Crippen LogP contribution in [-0.2, 0) is 10.1 Å². The molecule has 35 heavy (non-hydrogen) atoms. The predicted octanol–water partition coefficient (Wildman–Crippen LogP) is 5.05. The van der Waals surface area contributed by atoms with Gasteiger partial charge in [0.1, 0.15) is 4.90 Å². The molecule has 1 amide bonds. The topological polar surface area (TPSA) is 137 Å². The quantitative estimate of drug-likeness (QED) is 0.152. The largest absolute Gasteiger partial charge is 0.490 e. The van der Waals surface area contributed by atoms with Gasteiger partial charge in [0.15, 0.2) is 11.5 Å². The third kappa shape index (κ3) is 6.87. The van der Waals surface area contributed by atoms with E-state index in [1.807, 2.05) is 0 Å². The molecular formula is C22H17Br2N3O7S. The van der Waals surface area contributed by atoms with Crippen LogP contribution in [0.25, 0.3) is 0 Å². The Hall–Kier alpha value is -3.29. The second-order valence-corrected chi connectivity index (χ2v) is 10.1. The van der Waals surface area contributed by atoms with Crippen molar-refractivity contribution >= 4 is 59.8 Å². The summed E-state index contributed by atoms with van der Waals surface area (Å²) in [5, 5.41) is 14.9. The molecule has 3 aromatic rings. The number of hydrogen-bond acceptors (Lipinski definition) is 8. The number of carbonyl (C=O) groups excluding carboxylic acids is 1. The first-order valence-electron chi connectivity index (χ1n) is 9.85. The lowest BCUT2D eigenvalue weighted by Gasteiger charge is -2.14. The van der Waals surface area contributed by atoms with E-state index in [4.69, 9.17) is 8.92 Å². The van der Waals surface area contributed by atoms with Crippen LogP contribution in [0.3, 0.4) is 0 Å². The number of ether oxygens (including phenoxy) is 1. The normalized spacial score (nSPS) is 11.3. The van der Waals surface area contributed by atoms with E-state index in [1.165, 1.54) is 36.5 Å². The highest BCUT2D eigenvalue weighted by Crippen LogP contribution is 2.38. The van der Waals surface area contributed by atoms with E-state index in [0.29, 0.717) is 11.1 Å². The minimum Gasteiger partial charge on any atom is -0.490 e. The summed E-state index contributed by atoms with van der Waals surface area (Å²) in [6, 6.07) is 14.3. The monoisotopic (exact) mass is 625 g/mol. The van der Waals surface area contributed by atoms with Crippen molar-refractivity contribution in [3.05, 3.63) is 90.9 Å². The summed E-state index contributed by atoms with van der Waals surface area (Å²) >= 11 is 6.56. The lowest BCUT2D eigenvalue weighted by molar-refractivity contribution is -0.385. The Labute approximate surface area is 217 Å². The standard InChI is InChI=1S/C22H17Br2N3O7S/c1-2-33-20-10-14(13-25-26-22(28)15-5-3-6-16(23)11-15)9-19(24)21(20)34-35(31,32)18-8-4-7-17(12-18)27(29)30/h3-13H,2H2,1H3,(H,26,28)/b25-13-. The number of non-ortho nitro benzene ring substituents is 1. The van der Waals surface area contributed by atoms with Gasteiger partial charge in [0.2, 0.25) is 0 Å². The minimum absolute atomic E-state index is 0.0793. The van der Waals surface area contributed by atoms with Gasteiger partial charge in [-0.15, -0.1) is 0 Å². The Morgan fingerprint density at radius 2 is 1.89 bits per heavy atom. The summed E-state index contributed by atoms with van der Waals surface area (Å²) in [4.78, 5) is 22.1. The van der Waals surface area contributed by atoms with Gasteiger partial charge in [-0.05, 0) is 64.8 Å². The smallest absolute Gasteiger partial charge is 0.339 e. The zero-order chi connectivity index (χ0) is 25.6. The molecule has 0 heterocycles. The Bertz CT molecular complexity index is 1410. The van der Waals surface area contributed by atoms with Crippen molar-refractivity contribution in [2.45, 2.75) is 11.8 Å². The maximum absolute atomic E-state index is 12.8. The van der Waals surface area contributed by atoms with E-state index in [-0.39, 0.29) is 27.5 Å². The number of hydrazone groups is 1. The first kappa shape index (κ1) is 26.3. The van der Waals surface area contributed by atoms with Crippen molar-refractivity contribution in [3.63, 3.8) is 0 Å². The zero-order valence-electron chi connectivity index (χ0n) is 18.0. The van der Waals surface area contributed by atoms with Crippen molar-refractivity contribution < 1.29 is 27.1 Å². The van der Waals surface area contributed by atoms with E-state index < -0.39 is 26.6 Å². The lowest BCUT2D eigenvalue weighted by atomic mass is 10.2. The van der Waals surface area contributed by atoms with Crippen molar-refractivity contribution in [2.24, 2.45) is 5.10 Å². The fourth-order valence-corrected chi connectivity index (χ4v) is 4.82. The molecule has 0 atom stereocenters. The number of rotatable bonds is 9. The number of nitro benzene ring substituents is 1. The Balaban J connectivity index is 1.85. The van der Waals surface area contributed by atoms with Gasteiger partial charge in [0, 0.05) is 22.2 Å². The Morgan fingerprint density at radius 1 is 1.14 bits per heavy atom. The molecule has 0 radical (unpaired) electrons. The number of nitrogens with one attached hydrogen (secondary N) is 1. The van der Waals surface area contributed by atoms with E-state index in [9.17, 15) is 23.3 Å². The summed E-state index contributed by atoms with van der Waals surface area (Å²) < 4.78 is 37.3. The molecule has 0 unspecified atom stereocenters. The highest BCUT2D eigenvalue weighted by atomic mass is 79.9. The molecule has 0 fully saturated rings. The van der Waals surface area contributed by atoms with Crippen molar-refractivity contribution in [1.82, 2.24) is 5.43 Å². The third-order valence-corrected chi connectivity index (χ3v) is 6.61. The fraction of sp³-hybridized carbons (Fsp3) is 0.0909. The zero-order valence-corrected chi connectivity index (χ0v) is 22.0. The number of nitro groups is 1. The van der Waals surface area contributed by atoms with Gasteiger partial charge in [-0.25, -0.2) is 5.43 Å². The van der Waals surface area contributed by atoms with Gasteiger partial charge >= 0.3 is 10.1 Å². The third-order valence-electron chi connectivity index (χ3n) is 4.31. The van der Waals surface area contributed by atoms with Crippen molar-refractivity contribution in [3.8, 4) is 11.5 Å². The number of amides is 1. The van der Waals surface area contributed by atoms with Crippen LogP contribution < -0.4 is 14.3 Å². The summed E-state index contributed by atoms with van der Waals surface area (Å²) in [5.41, 5.74) is 2.89. The van der Waals surface area contributed by atoms with E-state index in [0.717, 1.165) is 10.5 Å². The molecule has 0 bridgehead atoms. The van der Waals surface area contributed by atoms with E-state index >= 15 is 0 Å². The molecule has 0 aliphatic rings. The minimum atomic E-state index is -4.42.